The lowest BCUT2D eigenvalue weighted by Gasteiger charge is -2.30. The molecule has 18 heavy (non-hydrogen) atoms. The molecule has 0 bridgehead atoms. The van der Waals surface area contributed by atoms with E-state index in [0.717, 1.165) is 25.2 Å². The summed E-state index contributed by atoms with van der Waals surface area (Å²) in [5, 5.41) is 0.696. The fraction of sp³-hybridized carbons (Fsp3) is 0.462. The van der Waals surface area contributed by atoms with Crippen molar-refractivity contribution in [1.82, 2.24) is 4.90 Å². The molecule has 1 aliphatic heterocycles. The zero-order chi connectivity index (χ0) is 13.1. The molecule has 1 aromatic carbocycles. The van der Waals surface area contributed by atoms with Gasteiger partial charge in [-0.15, -0.1) is 0 Å². The van der Waals surface area contributed by atoms with E-state index in [0.29, 0.717) is 11.6 Å². The number of carbonyl (C=O) groups excluding carboxylic acids is 1. The van der Waals surface area contributed by atoms with Crippen molar-refractivity contribution in [3.8, 4) is 0 Å². The molecule has 1 atom stereocenters. The summed E-state index contributed by atoms with van der Waals surface area (Å²) < 4.78 is 0. The Labute approximate surface area is 112 Å². The first kappa shape index (κ1) is 13.2. The first-order valence-corrected chi connectivity index (χ1v) is 6.48. The quantitative estimate of drug-likeness (QED) is 0.880. The molecule has 2 N–H and O–H groups in total. The zero-order valence-electron chi connectivity index (χ0n) is 10.5. The third kappa shape index (κ3) is 2.60. The predicted octanol–water partition coefficient (Wildman–Crippen LogP) is 1.34. The average Bonchev–Trinajstić information content (AvgIpc) is 2.51. The minimum Gasteiger partial charge on any atom is -0.358 e. The number of hydrogen-bond donors (Lipinski definition) is 1. The first-order chi connectivity index (χ1) is 8.63. The standard InChI is InChI=1S/C13H18ClN3O/c1-16-7-2-8-17(12(9-15)13(16)18)11-5-3-10(14)4-6-11/h3-6,12H,2,7-9,15H2,1H3. The summed E-state index contributed by atoms with van der Waals surface area (Å²) in [6.45, 7) is 1.94. The van der Waals surface area contributed by atoms with Gasteiger partial charge in [-0.2, -0.15) is 0 Å². The number of carbonyl (C=O) groups is 1. The number of anilines is 1. The summed E-state index contributed by atoms with van der Waals surface area (Å²) in [7, 11) is 1.83. The van der Waals surface area contributed by atoms with Gasteiger partial charge in [0.05, 0.1) is 0 Å². The van der Waals surface area contributed by atoms with Gasteiger partial charge in [0.15, 0.2) is 0 Å². The maximum atomic E-state index is 12.2. The van der Waals surface area contributed by atoms with Crippen LogP contribution < -0.4 is 10.6 Å². The molecule has 0 radical (unpaired) electrons. The van der Waals surface area contributed by atoms with E-state index < -0.39 is 0 Å². The number of likely N-dealkylation sites (N-methyl/N-ethyl adjacent to an activating group) is 1. The molecule has 0 aromatic heterocycles. The van der Waals surface area contributed by atoms with Crippen molar-refractivity contribution in [2.45, 2.75) is 12.5 Å². The van der Waals surface area contributed by atoms with E-state index in [1.165, 1.54) is 0 Å². The normalized spacial score (nSPS) is 21.1. The topological polar surface area (TPSA) is 49.6 Å². The number of amides is 1. The fourth-order valence-electron chi connectivity index (χ4n) is 2.30. The molecule has 1 amide bonds. The summed E-state index contributed by atoms with van der Waals surface area (Å²) >= 11 is 5.89. The highest BCUT2D eigenvalue weighted by Gasteiger charge is 2.29. The second kappa shape index (κ2) is 5.59. The van der Waals surface area contributed by atoms with Crippen LogP contribution in [0.5, 0.6) is 0 Å². The summed E-state index contributed by atoms with van der Waals surface area (Å²) in [6.07, 6.45) is 0.946. The number of nitrogens with two attached hydrogens (primary N) is 1. The van der Waals surface area contributed by atoms with Gasteiger partial charge in [-0.3, -0.25) is 4.79 Å². The third-order valence-electron chi connectivity index (χ3n) is 3.31. The van der Waals surface area contributed by atoms with Crippen LogP contribution in [0.15, 0.2) is 24.3 Å². The molecular weight excluding hydrogens is 250 g/mol. The van der Waals surface area contributed by atoms with Gasteiger partial charge in [-0.25, -0.2) is 0 Å². The van der Waals surface area contributed by atoms with Gasteiger partial charge in [0.1, 0.15) is 6.04 Å². The summed E-state index contributed by atoms with van der Waals surface area (Å²) in [6, 6.07) is 7.26. The zero-order valence-corrected chi connectivity index (χ0v) is 11.2. The Morgan fingerprint density at radius 3 is 2.61 bits per heavy atom. The van der Waals surface area contributed by atoms with E-state index in [1.807, 2.05) is 31.3 Å². The number of halogens is 1. The SMILES string of the molecule is CN1CCCN(c2ccc(Cl)cc2)C(CN)C1=O. The second-order valence-corrected chi connectivity index (χ2v) is 4.97. The van der Waals surface area contributed by atoms with Gasteiger partial charge < -0.3 is 15.5 Å². The maximum absolute atomic E-state index is 12.2. The minimum absolute atomic E-state index is 0.0879. The van der Waals surface area contributed by atoms with Crippen LogP contribution in [0, 0.1) is 0 Å². The van der Waals surface area contributed by atoms with E-state index in [4.69, 9.17) is 17.3 Å². The Balaban J connectivity index is 2.29. The van der Waals surface area contributed by atoms with Crippen molar-refractivity contribution in [2.24, 2.45) is 5.73 Å². The van der Waals surface area contributed by atoms with Crippen molar-refractivity contribution in [1.29, 1.82) is 0 Å². The van der Waals surface area contributed by atoms with Crippen LogP contribution in [0.1, 0.15) is 6.42 Å². The van der Waals surface area contributed by atoms with E-state index in [-0.39, 0.29) is 11.9 Å². The number of nitrogens with zero attached hydrogens (tertiary/aromatic N) is 2. The molecule has 0 saturated carbocycles. The first-order valence-electron chi connectivity index (χ1n) is 6.10. The van der Waals surface area contributed by atoms with E-state index in [2.05, 4.69) is 4.90 Å². The summed E-state index contributed by atoms with van der Waals surface area (Å²) in [4.78, 5) is 16.0. The monoisotopic (exact) mass is 267 g/mol. The highest BCUT2D eigenvalue weighted by molar-refractivity contribution is 6.30. The molecule has 98 valence electrons. The van der Waals surface area contributed by atoms with Gasteiger partial charge in [-0.05, 0) is 30.7 Å². The number of benzene rings is 1. The van der Waals surface area contributed by atoms with Crippen LogP contribution in [0.3, 0.4) is 0 Å². The van der Waals surface area contributed by atoms with Crippen LogP contribution in [-0.2, 0) is 4.79 Å². The van der Waals surface area contributed by atoms with Crippen LogP contribution in [0.4, 0.5) is 5.69 Å². The molecule has 1 unspecified atom stereocenters. The van der Waals surface area contributed by atoms with Gasteiger partial charge in [-0.1, -0.05) is 11.6 Å². The Bertz CT molecular complexity index is 421. The molecule has 0 aliphatic carbocycles. The minimum atomic E-state index is -0.279. The molecular formula is C13H18ClN3O. The van der Waals surface area contributed by atoms with E-state index in [1.54, 1.807) is 4.90 Å². The Morgan fingerprint density at radius 1 is 1.33 bits per heavy atom. The molecule has 4 nitrogen and oxygen atoms in total. The highest BCUT2D eigenvalue weighted by Crippen LogP contribution is 2.22. The third-order valence-corrected chi connectivity index (χ3v) is 3.56. The average molecular weight is 268 g/mol. The molecule has 1 fully saturated rings. The van der Waals surface area contributed by atoms with Crippen LogP contribution in [0.2, 0.25) is 5.02 Å². The van der Waals surface area contributed by atoms with Gasteiger partial charge in [0.25, 0.3) is 0 Å². The van der Waals surface area contributed by atoms with E-state index in [9.17, 15) is 4.79 Å². The van der Waals surface area contributed by atoms with Crippen molar-refractivity contribution >= 4 is 23.2 Å². The van der Waals surface area contributed by atoms with Crippen molar-refractivity contribution < 1.29 is 4.79 Å². The largest absolute Gasteiger partial charge is 0.358 e. The van der Waals surface area contributed by atoms with Crippen molar-refractivity contribution in [3.05, 3.63) is 29.3 Å². The molecule has 1 heterocycles. The molecule has 1 saturated heterocycles. The van der Waals surface area contributed by atoms with Crippen LogP contribution in [0.25, 0.3) is 0 Å². The Hall–Kier alpha value is -1.26. The highest BCUT2D eigenvalue weighted by atomic mass is 35.5. The lowest BCUT2D eigenvalue weighted by Crippen LogP contribution is -2.49. The van der Waals surface area contributed by atoms with Gasteiger partial charge in [0, 0.05) is 37.4 Å². The maximum Gasteiger partial charge on any atom is 0.246 e. The Kier molecular flexibility index (Phi) is 4.09. The second-order valence-electron chi connectivity index (χ2n) is 4.53. The molecule has 0 spiro atoms. The van der Waals surface area contributed by atoms with Crippen LogP contribution in [-0.4, -0.2) is 43.5 Å². The smallest absolute Gasteiger partial charge is 0.246 e. The number of hydrogen-bond acceptors (Lipinski definition) is 3. The molecule has 2 rings (SSSR count). The summed E-state index contributed by atoms with van der Waals surface area (Å²) in [5.41, 5.74) is 6.77. The lowest BCUT2D eigenvalue weighted by molar-refractivity contribution is -0.130. The van der Waals surface area contributed by atoms with Crippen LogP contribution >= 0.6 is 11.6 Å². The predicted molar refractivity (Wildman–Crippen MR) is 73.9 cm³/mol. The van der Waals surface area contributed by atoms with E-state index >= 15 is 0 Å². The molecule has 1 aromatic rings. The molecule has 1 aliphatic rings. The summed E-state index contributed by atoms with van der Waals surface area (Å²) in [5.74, 6) is 0.0879. The molecule has 5 heteroatoms. The Morgan fingerprint density at radius 2 is 2.00 bits per heavy atom. The van der Waals surface area contributed by atoms with Crippen molar-refractivity contribution in [3.63, 3.8) is 0 Å². The van der Waals surface area contributed by atoms with Gasteiger partial charge >= 0.3 is 0 Å². The fourth-order valence-corrected chi connectivity index (χ4v) is 2.43. The lowest BCUT2D eigenvalue weighted by atomic mass is 10.2. The van der Waals surface area contributed by atoms with Crippen molar-refractivity contribution in [2.75, 3.05) is 31.6 Å². The van der Waals surface area contributed by atoms with Gasteiger partial charge in [0.2, 0.25) is 5.91 Å². The number of rotatable bonds is 2.